The molecule has 0 spiro atoms. The van der Waals surface area contributed by atoms with Crippen LogP contribution in [0, 0.1) is 11.8 Å². The quantitative estimate of drug-likeness (QED) is 0.688. The molecule has 1 N–H and O–H groups in total. The average molecular weight is 212 g/mol. The number of rotatable bonds is 6. The summed E-state index contributed by atoms with van der Waals surface area (Å²) >= 11 is 0. The van der Waals surface area contributed by atoms with Crippen LogP contribution in [0.3, 0.4) is 0 Å². The average Bonchev–Trinajstić information content (AvgIpc) is 2.49. The van der Waals surface area contributed by atoms with Gasteiger partial charge in [0.2, 0.25) is 0 Å². The number of carbonyl (C=O) groups excluding carboxylic acids is 1. The largest absolute Gasteiger partial charge is 0.481 e. The number of carboxylic acid groups (broad SMARTS) is 1. The number of carbonyl (C=O) groups is 2. The van der Waals surface area contributed by atoms with Crippen LogP contribution in [0.5, 0.6) is 0 Å². The molecule has 0 aromatic heterocycles. The van der Waals surface area contributed by atoms with Crippen molar-refractivity contribution in [3.63, 3.8) is 0 Å². The second-order valence-corrected chi connectivity index (χ2v) is 4.47. The first-order valence-electron chi connectivity index (χ1n) is 5.89. The second-order valence-electron chi connectivity index (χ2n) is 4.47. The van der Waals surface area contributed by atoms with Crippen LogP contribution in [0.4, 0.5) is 0 Å². The first-order valence-corrected chi connectivity index (χ1v) is 5.89. The van der Waals surface area contributed by atoms with E-state index in [1.54, 1.807) is 0 Å². The second kappa shape index (κ2) is 5.89. The molecule has 1 rings (SSSR count). The fourth-order valence-corrected chi connectivity index (χ4v) is 2.46. The maximum Gasteiger partial charge on any atom is 0.303 e. The highest BCUT2D eigenvalue weighted by Crippen LogP contribution is 2.34. The topological polar surface area (TPSA) is 54.4 Å². The van der Waals surface area contributed by atoms with Crippen LogP contribution in [0.1, 0.15) is 51.9 Å². The van der Waals surface area contributed by atoms with E-state index in [4.69, 9.17) is 5.11 Å². The Morgan fingerprint density at radius 3 is 2.80 bits per heavy atom. The summed E-state index contributed by atoms with van der Waals surface area (Å²) in [7, 11) is 0. The molecule has 0 aliphatic heterocycles. The molecule has 0 aromatic carbocycles. The molecular formula is C12H20O3. The van der Waals surface area contributed by atoms with Crippen LogP contribution in [0.25, 0.3) is 0 Å². The summed E-state index contributed by atoms with van der Waals surface area (Å²) in [6, 6.07) is 0. The van der Waals surface area contributed by atoms with E-state index in [1.165, 1.54) is 0 Å². The lowest BCUT2D eigenvalue weighted by atomic mass is 9.88. The Morgan fingerprint density at radius 1 is 1.47 bits per heavy atom. The minimum atomic E-state index is -0.768. The minimum absolute atomic E-state index is 0.0349. The van der Waals surface area contributed by atoms with Crippen molar-refractivity contribution in [2.75, 3.05) is 0 Å². The maximum atomic E-state index is 11.6. The van der Waals surface area contributed by atoms with E-state index < -0.39 is 5.97 Å². The Bertz CT molecular complexity index is 235. The Morgan fingerprint density at radius 2 is 2.20 bits per heavy atom. The molecule has 86 valence electrons. The lowest BCUT2D eigenvalue weighted by Gasteiger charge is -2.15. The van der Waals surface area contributed by atoms with Crippen LogP contribution < -0.4 is 0 Å². The minimum Gasteiger partial charge on any atom is -0.481 e. The molecule has 2 atom stereocenters. The number of carboxylic acids is 1. The monoisotopic (exact) mass is 212 g/mol. The van der Waals surface area contributed by atoms with Crippen molar-refractivity contribution >= 4 is 11.8 Å². The molecule has 1 fully saturated rings. The number of hydrogen-bond donors (Lipinski definition) is 1. The third-order valence-electron chi connectivity index (χ3n) is 3.30. The highest BCUT2D eigenvalue weighted by molar-refractivity contribution is 5.84. The molecule has 0 amide bonds. The first kappa shape index (κ1) is 12.2. The summed E-state index contributed by atoms with van der Waals surface area (Å²) in [6.07, 6.45) is 5.78. The van der Waals surface area contributed by atoms with Crippen LogP contribution in [0.15, 0.2) is 0 Å². The predicted molar refractivity (Wildman–Crippen MR) is 57.6 cm³/mol. The third kappa shape index (κ3) is 3.65. The molecule has 1 aliphatic rings. The zero-order valence-corrected chi connectivity index (χ0v) is 9.37. The normalized spacial score (nSPS) is 25.8. The van der Waals surface area contributed by atoms with Crippen molar-refractivity contribution in [1.82, 2.24) is 0 Å². The van der Waals surface area contributed by atoms with E-state index >= 15 is 0 Å². The fourth-order valence-electron chi connectivity index (χ4n) is 2.46. The standard InChI is InChI=1S/C12H20O3/c1-2-3-4-5-10-9(8-12(14)15)6-7-11(10)13/h9-10H,2-8H2,1H3,(H,14,15)/t9-,10+/m0/s1. The Labute approximate surface area is 90.9 Å². The number of unbranched alkanes of at least 4 members (excludes halogenated alkanes) is 2. The van der Waals surface area contributed by atoms with Gasteiger partial charge in [-0.2, -0.15) is 0 Å². The SMILES string of the molecule is CCCCC[C@H]1C(=O)CC[C@H]1CC(=O)O. The van der Waals surface area contributed by atoms with Crippen molar-refractivity contribution in [2.24, 2.45) is 11.8 Å². The number of ketones is 1. The molecule has 0 saturated heterocycles. The van der Waals surface area contributed by atoms with Gasteiger partial charge in [0, 0.05) is 18.8 Å². The van der Waals surface area contributed by atoms with Crippen LogP contribution in [-0.2, 0) is 9.59 Å². The summed E-state index contributed by atoms with van der Waals surface area (Å²) < 4.78 is 0. The highest BCUT2D eigenvalue weighted by atomic mass is 16.4. The summed E-state index contributed by atoms with van der Waals surface area (Å²) in [5, 5.41) is 8.74. The predicted octanol–water partition coefficient (Wildman–Crippen LogP) is 2.64. The van der Waals surface area contributed by atoms with Gasteiger partial charge in [-0.25, -0.2) is 0 Å². The van der Waals surface area contributed by atoms with E-state index in [2.05, 4.69) is 6.92 Å². The Kier molecular flexibility index (Phi) is 4.79. The van der Waals surface area contributed by atoms with Crippen molar-refractivity contribution < 1.29 is 14.7 Å². The summed E-state index contributed by atoms with van der Waals surface area (Å²) in [6.45, 7) is 2.13. The molecule has 3 nitrogen and oxygen atoms in total. The van der Waals surface area contributed by atoms with E-state index in [-0.39, 0.29) is 24.0 Å². The van der Waals surface area contributed by atoms with E-state index in [1.807, 2.05) is 0 Å². The maximum absolute atomic E-state index is 11.6. The smallest absolute Gasteiger partial charge is 0.303 e. The van der Waals surface area contributed by atoms with Gasteiger partial charge in [0.1, 0.15) is 5.78 Å². The molecule has 0 heterocycles. The van der Waals surface area contributed by atoms with Crippen LogP contribution >= 0.6 is 0 Å². The van der Waals surface area contributed by atoms with Gasteiger partial charge in [-0.3, -0.25) is 9.59 Å². The molecule has 0 aromatic rings. The molecule has 0 unspecified atom stereocenters. The lowest BCUT2D eigenvalue weighted by Crippen LogP contribution is -2.17. The van der Waals surface area contributed by atoms with Crippen molar-refractivity contribution in [3.05, 3.63) is 0 Å². The summed E-state index contributed by atoms with van der Waals surface area (Å²) in [5.41, 5.74) is 0. The van der Waals surface area contributed by atoms with E-state index in [0.717, 1.165) is 32.1 Å². The summed E-state index contributed by atoms with van der Waals surface area (Å²) in [4.78, 5) is 22.2. The molecule has 1 aliphatic carbocycles. The van der Waals surface area contributed by atoms with Gasteiger partial charge >= 0.3 is 5.97 Å². The molecule has 3 heteroatoms. The summed E-state index contributed by atoms with van der Waals surface area (Å²) in [5.74, 6) is -0.341. The molecule has 0 radical (unpaired) electrons. The van der Waals surface area contributed by atoms with Gasteiger partial charge in [-0.1, -0.05) is 26.2 Å². The fraction of sp³-hybridized carbons (Fsp3) is 0.833. The van der Waals surface area contributed by atoms with Crippen LogP contribution in [0.2, 0.25) is 0 Å². The molecule has 15 heavy (non-hydrogen) atoms. The number of aliphatic carboxylic acids is 1. The highest BCUT2D eigenvalue weighted by Gasteiger charge is 2.34. The number of Topliss-reactive ketones (excluding diaryl/α,β-unsaturated/α-hetero) is 1. The third-order valence-corrected chi connectivity index (χ3v) is 3.30. The van der Waals surface area contributed by atoms with Gasteiger partial charge in [0.25, 0.3) is 0 Å². The number of hydrogen-bond acceptors (Lipinski definition) is 2. The van der Waals surface area contributed by atoms with Crippen molar-refractivity contribution in [1.29, 1.82) is 0 Å². The van der Waals surface area contributed by atoms with Crippen molar-refractivity contribution in [3.8, 4) is 0 Å². The van der Waals surface area contributed by atoms with Gasteiger partial charge in [0.15, 0.2) is 0 Å². The van der Waals surface area contributed by atoms with Gasteiger partial charge < -0.3 is 5.11 Å². The lowest BCUT2D eigenvalue weighted by molar-refractivity contribution is -0.138. The Hall–Kier alpha value is -0.860. The van der Waals surface area contributed by atoms with E-state index in [0.29, 0.717) is 6.42 Å². The van der Waals surface area contributed by atoms with Gasteiger partial charge in [-0.15, -0.1) is 0 Å². The van der Waals surface area contributed by atoms with Crippen molar-refractivity contribution in [2.45, 2.75) is 51.9 Å². The molecule has 1 saturated carbocycles. The first-order chi connectivity index (χ1) is 7.15. The molecule has 0 bridgehead atoms. The zero-order valence-electron chi connectivity index (χ0n) is 9.37. The molecular weight excluding hydrogens is 192 g/mol. The van der Waals surface area contributed by atoms with E-state index in [9.17, 15) is 9.59 Å². The van der Waals surface area contributed by atoms with Gasteiger partial charge in [0.05, 0.1) is 0 Å². The van der Waals surface area contributed by atoms with Crippen LogP contribution in [-0.4, -0.2) is 16.9 Å². The Balaban J connectivity index is 2.41. The zero-order chi connectivity index (χ0) is 11.3. The van der Waals surface area contributed by atoms with Gasteiger partial charge in [-0.05, 0) is 18.8 Å².